The number of ether oxygens (including phenoxy) is 2. The minimum absolute atomic E-state index is 0.156. The van der Waals surface area contributed by atoms with Crippen LogP contribution in [0.25, 0.3) is 0 Å². The maximum atomic E-state index is 11.2. The van der Waals surface area contributed by atoms with Gasteiger partial charge in [-0.25, -0.2) is 0 Å². The Hall–Kier alpha value is -2.01. The van der Waals surface area contributed by atoms with E-state index in [4.69, 9.17) is 26.0 Å². The van der Waals surface area contributed by atoms with Gasteiger partial charge in [0.25, 0.3) is 0 Å². The second-order valence-corrected chi connectivity index (χ2v) is 33.1. The molecule has 1 aliphatic carbocycles. The second-order valence-electron chi connectivity index (χ2n) is 28.4. The summed E-state index contributed by atoms with van der Waals surface area (Å²) in [6.45, 7) is 68.0. The molecule has 2 fully saturated rings. The lowest BCUT2D eigenvalue weighted by Gasteiger charge is -2.25. The van der Waals surface area contributed by atoms with E-state index in [2.05, 4.69) is 215 Å². The molecule has 0 amide bonds. The van der Waals surface area contributed by atoms with E-state index in [0.717, 1.165) is 70.0 Å². The first kappa shape index (κ1) is 79.9. The number of halogens is 3. The summed E-state index contributed by atoms with van der Waals surface area (Å²) in [5.74, 6) is 8.74. The molecule has 3 N–H and O–H groups in total. The van der Waals surface area contributed by atoms with Gasteiger partial charge in [0.2, 0.25) is 0 Å². The van der Waals surface area contributed by atoms with Gasteiger partial charge in [0.05, 0.1) is 19.0 Å². The van der Waals surface area contributed by atoms with Crippen molar-refractivity contribution in [3.8, 4) is 23.8 Å². The van der Waals surface area contributed by atoms with Crippen LogP contribution in [0.4, 0.5) is 13.2 Å². The minimum Gasteiger partial charge on any atom is -0.469 e. The number of nitrogens with one attached hydrogen (secondary N) is 1. The van der Waals surface area contributed by atoms with Crippen molar-refractivity contribution >= 4 is 8.07 Å². The number of alkyl halides is 3. The Bertz CT molecular complexity index is 1560. The van der Waals surface area contributed by atoms with Crippen LogP contribution in [-0.2, 0) is 14.9 Å². The van der Waals surface area contributed by atoms with E-state index in [0.29, 0.717) is 46.8 Å². The van der Waals surface area contributed by atoms with Crippen LogP contribution in [0.15, 0.2) is 34.5 Å². The highest BCUT2D eigenvalue weighted by Crippen LogP contribution is 2.66. The third-order valence-corrected chi connectivity index (χ3v) is 12.0. The summed E-state index contributed by atoms with van der Waals surface area (Å²) < 4.78 is 49.4. The zero-order valence-corrected chi connectivity index (χ0v) is 54.8. The average molecular weight is 1060 g/mol. The smallest absolute Gasteiger partial charge is 0.391 e. The van der Waals surface area contributed by atoms with Crippen molar-refractivity contribution in [1.29, 1.82) is 0 Å². The zero-order valence-electron chi connectivity index (χ0n) is 53.8. The molecule has 5 nitrogen and oxygen atoms in total. The largest absolute Gasteiger partial charge is 0.469 e. The second kappa shape index (κ2) is 38.5. The number of hydrogen-bond acceptors (Lipinski definition) is 5. The summed E-state index contributed by atoms with van der Waals surface area (Å²) in [4.78, 5) is 0. The van der Waals surface area contributed by atoms with Crippen LogP contribution in [-0.4, -0.2) is 59.8 Å². The van der Waals surface area contributed by atoms with Crippen LogP contribution in [0.2, 0.25) is 19.6 Å². The van der Waals surface area contributed by atoms with E-state index in [1.807, 2.05) is 12.1 Å². The highest BCUT2D eigenvalue weighted by Gasteiger charge is 2.60. The molecule has 1 aromatic rings. The molecule has 1 saturated carbocycles. The highest BCUT2D eigenvalue weighted by molar-refractivity contribution is 6.83. The van der Waals surface area contributed by atoms with Gasteiger partial charge in [-0.2, -0.15) is 13.2 Å². The van der Waals surface area contributed by atoms with Crippen LogP contribution in [0.1, 0.15) is 224 Å². The number of hydrogen-bond donors (Lipinski definition) is 2. The van der Waals surface area contributed by atoms with Gasteiger partial charge in [-0.05, 0) is 137 Å². The van der Waals surface area contributed by atoms with E-state index >= 15 is 0 Å². The van der Waals surface area contributed by atoms with Crippen molar-refractivity contribution in [2.24, 2.45) is 62.4 Å². The average Bonchev–Trinajstić information content (AvgIpc) is 3.71. The predicted molar refractivity (Wildman–Crippen MR) is 322 cm³/mol. The fourth-order valence-electron chi connectivity index (χ4n) is 7.00. The molecular weight excluding hydrogens is 930 g/mol. The lowest BCUT2D eigenvalue weighted by atomic mass is 9.85. The van der Waals surface area contributed by atoms with Gasteiger partial charge in [0, 0.05) is 42.9 Å². The quantitative estimate of drug-likeness (QED) is 0.100. The SMILES string of the molecule is C#CCC(C)C.CC(C)(C)C#C[Si](C)(C)C.CC(C)(C)C1CCCO1.CC(C)(C)c1ccco1.CC(C)=CC1C(C(C)(C)C)C1(C)C.CC(C)C(F)(F)F.CC(C)CCOCCN.CCNCCCC(C)(C)C. The third kappa shape index (κ3) is 54.6. The van der Waals surface area contributed by atoms with Gasteiger partial charge < -0.3 is 24.9 Å². The molecule has 0 bridgehead atoms. The van der Waals surface area contributed by atoms with Crippen LogP contribution in [0, 0.1) is 80.5 Å². The fourth-order valence-corrected chi connectivity index (χ4v) is 7.75. The monoisotopic (exact) mass is 1050 g/mol. The first-order chi connectivity index (χ1) is 32.6. The summed E-state index contributed by atoms with van der Waals surface area (Å²) >= 11 is 0. The van der Waals surface area contributed by atoms with Gasteiger partial charge in [-0.1, -0.05) is 177 Å². The molecule has 3 rings (SSSR count). The van der Waals surface area contributed by atoms with Crippen molar-refractivity contribution in [1.82, 2.24) is 5.32 Å². The first-order valence-corrected chi connectivity index (χ1v) is 31.5. The predicted octanol–water partition coefficient (Wildman–Crippen LogP) is 19.3. The Morgan fingerprint density at radius 3 is 1.62 bits per heavy atom. The topological polar surface area (TPSA) is 69.7 Å². The van der Waals surface area contributed by atoms with Gasteiger partial charge in [0.15, 0.2) is 0 Å². The van der Waals surface area contributed by atoms with Crippen LogP contribution < -0.4 is 11.1 Å². The van der Waals surface area contributed by atoms with Crippen LogP contribution in [0.5, 0.6) is 0 Å². The summed E-state index contributed by atoms with van der Waals surface area (Å²) in [5, 5.41) is 3.32. The first-order valence-electron chi connectivity index (χ1n) is 28.0. The Morgan fingerprint density at radius 2 is 1.40 bits per heavy atom. The Balaban J connectivity index is -0.000000243. The molecule has 3 atom stereocenters. The molecule has 73 heavy (non-hydrogen) atoms. The molecule has 9 heteroatoms. The fraction of sp³-hybridized carbons (Fsp3) is 0.844. The molecule has 1 aromatic heterocycles. The molecule has 434 valence electrons. The van der Waals surface area contributed by atoms with Crippen LogP contribution >= 0.6 is 0 Å². The van der Waals surface area contributed by atoms with Gasteiger partial charge >= 0.3 is 6.18 Å². The standard InChI is InChI=1S/C13H24.C9H21N.C9H18Si.C8H16O.C8H12O.C7H17NO.C6H10.C4H7F3/c1-9(2)8-10-11(12(3,4)5)13(10,6)7;1-5-10-8-6-7-9(2,3)4;1-9(2,3)7-8-10(4,5)6;2*1-8(2,3)7-5-4-6-9-7;1-7(2)3-5-9-6-4-8;1-4-5-6(2)3;1-3(2)4(5,6)7/h8,10-11H,1-7H3;10H,5-8H2,1-4H3;1-6H3;7H,4-6H2,1-3H3;4-6H,1-3H3;7H,3-6,8H2,1-2H3;1,6H,5H2,2-3H3;3H,1-2H3. The number of rotatable bonds is 11. The Labute approximate surface area is 455 Å². The van der Waals surface area contributed by atoms with E-state index in [1.54, 1.807) is 6.26 Å². The number of furan rings is 1. The van der Waals surface area contributed by atoms with Crippen molar-refractivity contribution in [3.05, 3.63) is 35.8 Å². The molecule has 0 radical (unpaired) electrons. The number of terminal acetylenes is 1. The molecule has 1 aliphatic heterocycles. The van der Waals surface area contributed by atoms with E-state index in [1.165, 1.54) is 37.8 Å². The molecule has 1 saturated heterocycles. The summed E-state index contributed by atoms with van der Waals surface area (Å²) in [7, 11) is -1.13. The lowest BCUT2D eigenvalue weighted by molar-refractivity contribution is -0.164. The molecule has 0 spiro atoms. The highest BCUT2D eigenvalue weighted by atomic mass is 28.3. The van der Waals surface area contributed by atoms with E-state index in [-0.39, 0.29) is 10.8 Å². The van der Waals surface area contributed by atoms with Gasteiger partial charge in [-0.15, -0.1) is 23.8 Å². The summed E-state index contributed by atoms with van der Waals surface area (Å²) in [6, 6.07) is 3.92. The number of nitrogens with two attached hydrogens (primary N) is 1. The van der Waals surface area contributed by atoms with Crippen molar-refractivity contribution in [2.75, 3.05) is 39.5 Å². The molecule has 2 aliphatic rings. The molecule has 2 heterocycles. The van der Waals surface area contributed by atoms with Crippen molar-refractivity contribution < 1.29 is 27.1 Å². The van der Waals surface area contributed by atoms with Crippen molar-refractivity contribution in [3.63, 3.8) is 0 Å². The lowest BCUT2D eigenvalue weighted by Crippen LogP contribution is -2.24. The normalized spacial score (nSPS) is 17.2. The minimum atomic E-state index is -4.00. The third-order valence-electron chi connectivity index (χ3n) is 11.1. The van der Waals surface area contributed by atoms with Crippen LogP contribution in [0.3, 0.4) is 0 Å². The van der Waals surface area contributed by atoms with Gasteiger partial charge in [0.1, 0.15) is 13.8 Å². The Kier molecular flexibility index (Phi) is 42.1. The number of allylic oxidation sites excluding steroid dienone is 2. The van der Waals surface area contributed by atoms with E-state index < -0.39 is 20.2 Å². The molecule has 3 unspecified atom stereocenters. The van der Waals surface area contributed by atoms with Crippen molar-refractivity contribution in [2.45, 2.75) is 256 Å². The molecular formula is C64H125F3N2O3Si. The molecule has 0 aromatic carbocycles. The zero-order chi connectivity index (χ0) is 58.9. The Morgan fingerprint density at radius 1 is 0.877 bits per heavy atom. The van der Waals surface area contributed by atoms with Gasteiger partial charge in [-0.3, -0.25) is 0 Å². The maximum Gasteiger partial charge on any atom is 0.391 e. The summed E-state index contributed by atoms with van der Waals surface area (Å²) in [6.07, 6.45) is 12.8. The maximum absolute atomic E-state index is 11.2. The summed E-state index contributed by atoms with van der Waals surface area (Å²) in [5.41, 5.74) is 12.2. The van der Waals surface area contributed by atoms with E-state index in [9.17, 15) is 13.2 Å².